The van der Waals surface area contributed by atoms with Crippen molar-refractivity contribution < 1.29 is 28.6 Å². The molecule has 0 aromatic rings. The fourth-order valence-corrected chi connectivity index (χ4v) is 8.33. The molecule has 0 amide bonds. The lowest BCUT2D eigenvalue weighted by molar-refractivity contribution is -0.167. The molecule has 366 valence electrons. The van der Waals surface area contributed by atoms with Crippen molar-refractivity contribution in [3.8, 4) is 0 Å². The van der Waals surface area contributed by atoms with Gasteiger partial charge in [-0.3, -0.25) is 14.4 Å². The first kappa shape index (κ1) is 60.2. The normalized spacial score (nSPS) is 12.0. The number of hydrogen-bond donors (Lipinski definition) is 0. The Balaban J connectivity index is 4.26. The average Bonchev–Trinajstić information content (AvgIpc) is 3.27. The lowest BCUT2D eigenvalue weighted by Crippen LogP contribution is -2.30. The third-order valence-corrected chi connectivity index (χ3v) is 12.5. The summed E-state index contributed by atoms with van der Waals surface area (Å²) in [4.78, 5) is 38.0. The minimum atomic E-state index is -0.766. The molecule has 0 fully saturated rings. The summed E-state index contributed by atoms with van der Waals surface area (Å²) in [7, 11) is 0. The highest BCUT2D eigenvalue weighted by Crippen LogP contribution is 2.17. The van der Waals surface area contributed by atoms with Gasteiger partial charge in [0.15, 0.2) is 6.10 Å². The molecule has 0 radical (unpaired) electrons. The zero-order valence-corrected chi connectivity index (χ0v) is 41.9. The summed E-state index contributed by atoms with van der Waals surface area (Å²) in [5.41, 5.74) is 0. The molecule has 6 nitrogen and oxygen atoms in total. The molecule has 0 heterocycles. The largest absolute Gasteiger partial charge is 0.462 e. The monoisotopic (exact) mass is 875 g/mol. The van der Waals surface area contributed by atoms with Crippen LogP contribution in [0, 0.1) is 0 Å². The van der Waals surface area contributed by atoms with Crippen molar-refractivity contribution in [2.24, 2.45) is 0 Å². The third-order valence-electron chi connectivity index (χ3n) is 12.5. The van der Waals surface area contributed by atoms with Gasteiger partial charge in [-0.2, -0.15) is 0 Å². The molecule has 0 saturated heterocycles. The first-order valence-corrected chi connectivity index (χ1v) is 27.7. The Hall–Kier alpha value is -1.85. The minimum Gasteiger partial charge on any atom is -0.462 e. The minimum absolute atomic E-state index is 0.0669. The lowest BCUT2D eigenvalue weighted by Gasteiger charge is -2.18. The molecule has 6 heteroatoms. The van der Waals surface area contributed by atoms with E-state index in [0.717, 1.165) is 70.6 Å². The quantitative estimate of drug-likeness (QED) is 0.0262. The van der Waals surface area contributed by atoms with E-state index in [9.17, 15) is 14.4 Å². The number of unbranched alkanes of at least 4 members (excludes halogenated alkanes) is 38. The van der Waals surface area contributed by atoms with Gasteiger partial charge in [0.25, 0.3) is 0 Å². The maximum atomic E-state index is 12.8. The molecule has 0 rings (SSSR count). The van der Waals surface area contributed by atoms with Gasteiger partial charge in [-0.25, -0.2) is 0 Å². The average molecular weight is 875 g/mol. The predicted molar refractivity (Wildman–Crippen MR) is 266 cm³/mol. The highest BCUT2D eigenvalue weighted by atomic mass is 16.6. The lowest BCUT2D eigenvalue weighted by atomic mass is 10.0. The Morgan fingerprint density at radius 1 is 0.306 bits per heavy atom. The van der Waals surface area contributed by atoms with E-state index in [1.54, 1.807) is 0 Å². The van der Waals surface area contributed by atoms with Crippen LogP contribution in [0.5, 0.6) is 0 Å². The third kappa shape index (κ3) is 49.2. The van der Waals surface area contributed by atoms with Gasteiger partial charge in [-0.05, 0) is 38.5 Å². The number of carbonyl (C=O) groups excluding carboxylic acids is 3. The first-order chi connectivity index (χ1) is 30.5. The molecule has 0 aliphatic carbocycles. The van der Waals surface area contributed by atoms with Gasteiger partial charge in [0.05, 0.1) is 0 Å². The highest BCUT2D eigenvalue weighted by Gasteiger charge is 2.19. The van der Waals surface area contributed by atoms with Gasteiger partial charge < -0.3 is 14.2 Å². The molecule has 1 unspecified atom stereocenters. The second kappa shape index (κ2) is 51.8. The van der Waals surface area contributed by atoms with E-state index in [2.05, 4.69) is 32.9 Å². The van der Waals surface area contributed by atoms with Crippen LogP contribution in [0.3, 0.4) is 0 Å². The predicted octanol–water partition coefficient (Wildman–Crippen LogP) is 18.2. The Labute approximate surface area is 386 Å². The van der Waals surface area contributed by atoms with Crippen molar-refractivity contribution in [1.82, 2.24) is 0 Å². The van der Waals surface area contributed by atoms with Gasteiger partial charge >= 0.3 is 17.9 Å². The van der Waals surface area contributed by atoms with Crippen LogP contribution in [0.15, 0.2) is 12.2 Å². The Kier molecular flexibility index (Phi) is 50.2. The number of hydrogen-bond acceptors (Lipinski definition) is 6. The van der Waals surface area contributed by atoms with Crippen LogP contribution in [0.2, 0.25) is 0 Å². The van der Waals surface area contributed by atoms with E-state index in [1.165, 1.54) is 199 Å². The van der Waals surface area contributed by atoms with Crippen molar-refractivity contribution in [2.75, 3.05) is 13.2 Å². The van der Waals surface area contributed by atoms with Crippen LogP contribution in [-0.4, -0.2) is 37.2 Å². The Morgan fingerprint density at radius 2 is 0.565 bits per heavy atom. The Bertz CT molecular complexity index is 962. The van der Waals surface area contributed by atoms with Crippen molar-refractivity contribution in [3.63, 3.8) is 0 Å². The summed E-state index contributed by atoms with van der Waals surface area (Å²) in [6.45, 7) is 6.62. The van der Waals surface area contributed by atoms with E-state index in [1.807, 2.05) is 0 Å². The molecule has 0 aromatic heterocycles. The molecule has 1 atom stereocenters. The molecular formula is C56H106O6. The smallest absolute Gasteiger partial charge is 0.306 e. The van der Waals surface area contributed by atoms with E-state index < -0.39 is 6.10 Å². The van der Waals surface area contributed by atoms with Crippen LogP contribution in [0.25, 0.3) is 0 Å². The maximum Gasteiger partial charge on any atom is 0.306 e. The highest BCUT2D eigenvalue weighted by molar-refractivity contribution is 5.71. The summed E-state index contributed by atoms with van der Waals surface area (Å²) in [5, 5.41) is 0. The summed E-state index contributed by atoms with van der Waals surface area (Å²) >= 11 is 0. The molecule has 0 saturated carbocycles. The van der Waals surface area contributed by atoms with Crippen LogP contribution in [0.4, 0.5) is 0 Å². The topological polar surface area (TPSA) is 78.9 Å². The molecule has 0 bridgehead atoms. The van der Waals surface area contributed by atoms with Crippen molar-refractivity contribution in [1.29, 1.82) is 0 Å². The number of esters is 3. The number of allylic oxidation sites excluding steroid dienone is 2. The van der Waals surface area contributed by atoms with E-state index in [4.69, 9.17) is 14.2 Å². The van der Waals surface area contributed by atoms with Crippen molar-refractivity contribution >= 4 is 17.9 Å². The van der Waals surface area contributed by atoms with Crippen LogP contribution >= 0.6 is 0 Å². The van der Waals surface area contributed by atoms with E-state index >= 15 is 0 Å². The number of rotatable bonds is 51. The van der Waals surface area contributed by atoms with Gasteiger partial charge in [-0.15, -0.1) is 0 Å². The van der Waals surface area contributed by atoms with Gasteiger partial charge in [0.2, 0.25) is 0 Å². The molecule has 0 N–H and O–H groups in total. The summed E-state index contributed by atoms with van der Waals surface area (Å²) in [5.74, 6) is -0.857. The van der Waals surface area contributed by atoms with Gasteiger partial charge in [-0.1, -0.05) is 264 Å². The number of ether oxygens (including phenoxy) is 3. The van der Waals surface area contributed by atoms with Crippen LogP contribution in [0.1, 0.15) is 310 Å². The molecule has 0 spiro atoms. The fraction of sp³-hybridized carbons (Fsp3) is 0.911. The first-order valence-electron chi connectivity index (χ1n) is 27.7. The summed E-state index contributed by atoms with van der Waals surface area (Å²) in [6.07, 6.45) is 57.8. The second-order valence-corrected chi connectivity index (χ2v) is 18.9. The van der Waals surface area contributed by atoms with Gasteiger partial charge in [0, 0.05) is 19.3 Å². The summed E-state index contributed by atoms with van der Waals surface area (Å²) in [6, 6.07) is 0. The zero-order chi connectivity index (χ0) is 45.1. The molecule has 0 aliphatic rings. The maximum absolute atomic E-state index is 12.8. The van der Waals surface area contributed by atoms with Crippen molar-refractivity contribution in [2.45, 2.75) is 316 Å². The standard InChI is InChI=1S/C56H106O6/c1-4-7-10-13-16-19-22-24-26-28-30-32-34-37-40-43-46-49-55(58)61-52-53(51-60-54(57)48-45-42-39-36-21-18-15-12-9-6-3)62-56(59)50-47-44-41-38-35-33-31-29-27-25-23-20-17-14-11-8-5-2/h12,15,53H,4-11,13-14,16-52H2,1-3H3/b15-12-. The zero-order valence-electron chi connectivity index (χ0n) is 41.9. The fourth-order valence-electron chi connectivity index (χ4n) is 8.33. The van der Waals surface area contributed by atoms with E-state index in [0.29, 0.717) is 19.3 Å². The second-order valence-electron chi connectivity index (χ2n) is 18.9. The molecular weight excluding hydrogens is 769 g/mol. The van der Waals surface area contributed by atoms with Crippen molar-refractivity contribution in [3.05, 3.63) is 12.2 Å². The van der Waals surface area contributed by atoms with E-state index in [-0.39, 0.29) is 31.1 Å². The van der Waals surface area contributed by atoms with Crippen LogP contribution in [-0.2, 0) is 28.6 Å². The molecule has 0 aromatic carbocycles. The molecule has 62 heavy (non-hydrogen) atoms. The van der Waals surface area contributed by atoms with Crippen LogP contribution < -0.4 is 0 Å². The SMILES string of the molecule is CCC/C=C\CCCCCCCC(=O)OCC(COC(=O)CCCCCCCCCCCCCCCCCCC)OC(=O)CCCCCCCCCCCCCCCCCCC. The number of carbonyl (C=O) groups is 3. The molecule has 0 aliphatic heterocycles. The Morgan fingerprint density at radius 3 is 0.871 bits per heavy atom. The van der Waals surface area contributed by atoms with Gasteiger partial charge in [0.1, 0.15) is 13.2 Å². The summed E-state index contributed by atoms with van der Waals surface area (Å²) < 4.78 is 16.8.